The van der Waals surface area contributed by atoms with Crippen LogP contribution in [0.15, 0.2) is 71.7 Å². The fourth-order valence-electron chi connectivity index (χ4n) is 4.81. The largest absolute Gasteiger partial charge is 0.497 e. The van der Waals surface area contributed by atoms with Gasteiger partial charge in [0.2, 0.25) is 0 Å². The molecule has 2 heterocycles. The highest BCUT2D eigenvalue weighted by Crippen LogP contribution is 2.48. The Labute approximate surface area is 207 Å². The lowest BCUT2D eigenvalue weighted by atomic mass is 10.1. The van der Waals surface area contributed by atoms with Gasteiger partial charge in [0.1, 0.15) is 5.75 Å². The number of nitrogens with zero attached hydrogens (tertiary/aromatic N) is 3. The lowest BCUT2D eigenvalue weighted by molar-refractivity contribution is 0.402. The number of aliphatic imine (C=N–C) groups is 1. The van der Waals surface area contributed by atoms with E-state index in [0.29, 0.717) is 11.3 Å². The summed E-state index contributed by atoms with van der Waals surface area (Å²) < 4.78 is 6.44. The Morgan fingerprint density at radius 1 is 1.12 bits per heavy atom. The molecule has 0 spiro atoms. The molecule has 1 unspecified atom stereocenters. The third-order valence-electron chi connectivity index (χ3n) is 6.57. The number of thiazole rings is 1. The van der Waals surface area contributed by atoms with Crippen LogP contribution in [0, 0.1) is 0 Å². The van der Waals surface area contributed by atoms with E-state index in [4.69, 9.17) is 9.73 Å². The number of fused-ring (bicyclic) bond motifs is 4. The Kier molecular flexibility index (Phi) is 5.67. The van der Waals surface area contributed by atoms with Gasteiger partial charge in [-0.15, -0.1) is 0 Å². The summed E-state index contributed by atoms with van der Waals surface area (Å²) in [4.78, 5) is 12.0. The van der Waals surface area contributed by atoms with E-state index in [1.165, 1.54) is 16.7 Å². The maximum atomic E-state index is 5.31. The zero-order valence-electron chi connectivity index (χ0n) is 19.2. The maximum absolute atomic E-state index is 5.31. The smallest absolute Gasteiger partial charge is 0.183 e. The van der Waals surface area contributed by atoms with Gasteiger partial charge < -0.3 is 15.0 Å². The van der Waals surface area contributed by atoms with E-state index in [9.17, 15) is 0 Å². The van der Waals surface area contributed by atoms with Crippen LogP contribution in [-0.2, 0) is 12.8 Å². The van der Waals surface area contributed by atoms with Crippen LogP contribution in [0.2, 0.25) is 0 Å². The minimum Gasteiger partial charge on any atom is -0.497 e. The molecule has 1 aliphatic carbocycles. The predicted octanol–water partition coefficient (Wildman–Crippen LogP) is 6.29. The molecule has 2 aliphatic rings. The minimum atomic E-state index is 0.439. The van der Waals surface area contributed by atoms with Crippen molar-refractivity contribution in [2.75, 3.05) is 26.0 Å². The molecule has 0 amide bonds. The molecule has 4 aromatic rings. The molecule has 0 radical (unpaired) electrons. The molecule has 1 N–H and O–H groups in total. The van der Waals surface area contributed by atoms with Gasteiger partial charge >= 0.3 is 0 Å². The number of anilines is 1. The van der Waals surface area contributed by atoms with Gasteiger partial charge in [-0.1, -0.05) is 59.5 Å². The van der Waals surface area contributed by atoms with Gasteiger partial charge in [0.05, 0.1) is 29.1 Å². The highest BCUT2D eigenvalue weighted by atomic mass is 32.2. The molecule has 6 rings (SSSR count). The molecular weight excluding hydrogens is 460 g/mol. The third kappa shape index (κ3) is 4.03. The number of hydrogen-bond donors (Lipinski definition) is 1. The standard InChI is InChI=1S/C27H26N4OS2/c1-31-25-21-6-4-3-5-18(21)15-24(25)34-27(31)29-19-9-7-17(8-10-19)13-14-28-26-30-22-12-11-20(32-2)16-23(22)33-26/h3-12,16,24-25H,13-15H2,1-2H3,(H,28,30)/b29-27-/t24?,25-/m0/s1. The second-order valence-corrected chi connectivity index (χ2v) is 10.9. The van der Waals surface area contributed by atoms with Gasteiger partial charge in [0.25, 0.3) is 0 Å². The molecule has 1 fully saturated rings. The maximum Gasteiger partial charge on any atom is 0.183 e. The summed E-state index contributed by atoms with van der Waals surface area (Å²) in [6.45, 7) is 0.839. The second-order valence-electron chi connectivity index (χ2n) is 8.71. The van der Waals surface area contributed by atoms with E-state index < -0.39 is 0 Å². The van der Waals surface area contributed by atoms with Gasteiger partial charge in [-0.3, -0.25) is 0 Å². The Hall–Kier alpha value is -3.03. The summed E-state index contributed by atoms with van der Waals surface area (Å²) >= 11 is 3.57. The van der Waals surface area contributed by atoms with Crippen molar-refractivity contribution < 1.29 is 4.74 Å². The predicted molar refractivity (Wildman–Crippen MR) is 144 cm³/mol. The molecule has 172 valence electrons. The SMILES string of the molecule is COc1ccc2nc(NCCc3ccc(/N=C4\SC5Cc6ccccc6[C@@H]5N4C)cc3)sc2c1. The summed E-state index contributed by atoms with van der Waals surface area (Å²) in [6, 6.07) is 23.9. The average Bonchev–Trinajstić information content (AvgIpc) is 3.52. The van der Waals surface area contributed by atoms with Gasteiger partial charge in [-0.25, -0.2) is 9.98 Å². The van der Waals surface area contributed by atoms with Gasteiger partial charge in [0.15, 0.2) is 10.3 Å². The Balaban J connectivity index is 1.07. The van der Waals surface area contributed by atoms with Gasteiger partial charge in [-0.2, -0.15) is 0 Å². The molecule has 2 atom stereocenters. The second kappa shape index (κ2) is 8.96. The monoisotopic (exact) mass is 486 g/mol. The van der Waals surface area contributed by atoms with Crippen molar-refractivity contribution in [1.82, 2.24) is 9.88 Å². The highest BCUT2D eigenvalue weighted by Gasteiger charge is 2.43. The first kappa shape index (κ1) is 21.5. The van der Waals surface area contributed by atoms with E-state index >= 15 is 0 Å². The van der Waals surface area contributed by atoms with Crippen LogP contribution in [0.3, 0.4) is 0 Å². The van der Waals surface area contributed by atoms with Crippen molar-refractivity contribution in [2.24, 2.45) is 4.99 Å². The first-order chi connectivity index (χ1) is 16.7. The molecule has 1 aromatic heterocycles. The zero-order valence-corrected chi connectivity index (χ0v) is 20.8. The van der Waals surface area contributed by atoms with Crippen LogP contribution < -0.4 is 10.1 Å². The summed E-state index contributed by atoms with van der Waals surface area (Å²) in [6.07, 6.45) is 2.06. The number of amidine groups is 1. The molecule has 0 bridgehead atoms. The normalized spacial score (nSPS) is 20.1. The average molecular weight is 487 g/mol. The van der Waals surface area contributed by atoms with E-state index in [0.717, 1.165) is 51.3 Å². The number of methoxy groups -OCH3 is 1. The van der Waals surface area contributed by atoms with Crippen LogP contribution in [0.25, 0.3) is 10.2 Å². The fourth-order valence-corrected chi connectivity index (χ4v) is 7.16. The highest BCUT2D eigenvalue weighted by molar-refractivity contribution is 8.14. The van der Waals surface area contributed by atoms with Crippen LogP contribution >= 0.6 is 23.1 Å². The van der Waals surface area contributed by atoms with Crippen molar-refractivity contribution in [2.45, 2.75) is 24.1 Å². The van der Waals surface area contributed by atoms with Gasteiger partial charge in [0, 0.05) is 18.8 Å². The Bertz CT molecular complexity index is 1360. The molecular formula is C27H26N4OS2. The quantitative estimate of drug-likeness (QED) is 0.347. The number of thioether (sulfide) groups is 1. The summed E-state index contributed by atoms with van der Waals surface area (Å²) in [7, 11) is 3.87. The van der Waals surface area contributed by atoms with Crippen molar-refractivity contribution >= 4 is 49.3 Å². The summed E-state index contributed by atoms with van der Waals surface area (Å²) in [5.74, 6) is 0.863. The molecule has 1 saturated heterocycles. The van der Waals surface area contributed by atoms with Crippen LogP contribution in [0.1, 0.15) is 22.7 Å². The number of nitrogens with one attached hydrogen (secondary N) is 1. The molecule has 1 aliphatic heterocycles. The van der Waals surface area contributed by atoms with E-state index in [1.807, 2.05) is 30.0 Å². The van der Waals surface area contributed by atoms with Crippen molar-refractivity contribution in [3.63, 3.8) is 0 Å². The molecule has 3 aromatic carbocycles. The molecule has 34 heavy (non-hydrogen) atoms. The topological polar surface area (TPSA) is 49.8 Å². The third-order valence-corrected chi connectivity index (χ3v) is 8.86. The Morgan fingerprint density at radius 2 is 1.97 bits per heavy atom. The van der Waals surface area contributed by atoms with Crippen LogP contribution in [-0.4, -0.2) is 41.0 Å². The summed E-state index contributed by atoms with van der Waals surface area (Å²) in [5, 5.41) is 6.09. The van der Waals surface area contributed by atoms with Crippen molar-refractivity contribution in [3.8, 4) is 5.75 Å². The lowest BCUT2D eigenvalue weighted by Gasteiger charge is -2.21. The zero-order chi connectivity index (χ0) is 23.1. The number of aromatic nitrogens is 1. The van der Waals surface area contributed by atoms with Gasteiger partial charge in [-0.05, 0) is 59.9 Å². The van der Waals surface area contributed by atoms with E-state index in [2.05, 4.69) is 70.8 Å². The fraction of sp³-hybridized carbons (Fsp3) is 0.259. The molecule has 5 nitrogen and oxygen atoms in total. The first-order valence-electron chi connectivity index (χ1n) is 11.5. The number of hydrogen-bond acceptors (Lipinski definition) is 6. The van der Waals surface area contributed by atoms with Crippen molar-refractivity contribution in [3.05, 3.63) is 83.4 Å². The number of ether oxygens (including phenoxy) is 1. The lowest BCUT2D eigenvalue weighted by Crippen LogP contribution is -2.23. The minimum absolute atomic E-state index is 0.439. The van der Waals surface area contributed by atoms with Crippen molar-refractivity contribution in [1.29, 1.82) is 0 Å². The first-order valence-corrected chi connectivity index (χ1v) is 13.2. The molecule has 7 heteroatoms. The Morgan fingerprint density at radius 3 is 2.82 bits per heavy atom. The number of benzene rings is 3. The summed E-state index contributed by atoms with van der Waals surface area (Å²) in [5.41, 5.74) is 6.25. The van der Waals surface area contributed by atoms with Crippen LogP contribution in [0.4, 0.5) is 10.8 Å². The molecule has 0 saturated carbocycles. The number of rotatable bonds is 6. The van der Waals surface area contributed by atoms with E-state index in [-0.39, 0.29) is 0 Å². The van der Waals surface area contributed by atoms with E-state index in [1.54, 1.807) is 18.4 Å². The van der Waals surface area contributed by atoms with Crippen LogP contribution in [0.5, 0.6) is 5.75 Å².